The lowest BCUT2D eigenvalue weighted by Gasteiger charge is -2.35. The Bertz CT molecular complexity index is 562. The number of rotatable bonds is 5. The number of carbonyl (C=O) groups is 1. The molecular formula is C20H30N2O3. The molecule has 5 heteroatoms. The quantitative estimate of drug-likeness (QED) is 0.888. The molecule has 3 unspecified atom stereocenters. The van der Waals surface area contributed by atoms with Crippen LogP contribution in [0, 0.1) is 11.8 Å². The minimum Gasteiger partial charge on any atom is -0.376 e. The Morgan fingerprint density at radius 3 is 2.56 bits per heavy atom. The monoisotopic (exact) mass is 346 g/mol. The first-order valence-corrected chi connectivity index (χ1v) is 9.38. The van der Waals surface area contributed by atoms with E-state index >= 15 is 0 Å². The van der Waals surface area contributed by atoms with Crippen molar-refractivity contribution >= 4 is 5.91 Å². The van der Waals surface area contributed by atoms with Gasteiger partial charge in [0.2, 0.25) is 0 Å². The molecule has 3 rings (SSSR count). The summed E-state index contributed by atoms with van der Waals surface area (Å²) in [5, 5.41) is 3.00. The van der Waals surface area contributed by atoms with Crippen molar-refractivity contribution in [1.29, 1.82) is 0 Å². The molecule has 25 heavy (non-hydrogen) atoms. The first-order chi connectivity index (χ1) is 12.1. The van der Waals surface area contributed by atoms with Gasteiger partial charge in [-0.25, -0.2) is 0 Å². The number of amides is 1. The second kappa shape index (κ2) is 8.79. The summed E-state index contributed by atoms with van der Waals surface area (Å²) < 4.78 is 10.8. The van der Waals surface area contributed by atoms with E-state index in [1.54, 1.807) is 0 Å². The SMILES string of the molecule is CC1CC(C)CN(Cc2ccccc2CNC(=O)C2COCCO2)C1. The number of benzene rings is 1. The van der Waals surface area contributed by atoms with Gasteiger partial charge in [0, 0.05) is 26.2 Å². The highest BCUT2D eigenvalue weighted by Gasteiger charge is 2.24. The van der Waals surface area contributed by atoms with Gasteiger partial charge in [0.25, 0.3) is 5.91 Å². The van der Waals surface area contributed by atoms with Gasteiger partial charge in [-0.05, 0) is 29.4 Å². The molecule has 2 fully saturated rings. The standard InChI is InChI=1S/C20H30N2O3/c1-15-9-16(2)12-22(11-15)13-18-6-4-3-5-17(18)10-21-20(23)19-14-24-7-8-25-19/h3-6,15-16,19H,7-14H2,1-2H3,(H,21,23). The summed E-state index contributed by atoms with van der Waals surface area (Å²) in [7, 11) is 0. The van der Waals surface area contributed by atoms with Crippen LogP contribution in [-0.2, 0) is 27.4 Å². The van der Waals surface area contributed by atoms with Crippen LogP contribution < -0.4 is 5.32 Å². The van der Waals surface area contributed by atoms with Crippen molar-refractivity contribution in [3.05, 3.63) is 35.4 Å². The molecule has 5 nitrogen and oxygen atoms in total. The Morgan fingerprint density at radius 2 is 1.88 bits per heavy atom. The highest BCUT2D eigenvalue weighted by atomic mass is 16.6. The highest BCUT2D eigenvalue weighted by Crippen LogP contribution is 2.23. The maximum atomic E-state index is 12.2. The van der Waals surface area contributed by atoms with Crippen LogP contribution in [0.25, 0.3) is 0 Å². The summed E-state index contributed by atoms with van der Waals surface area (Å²) in [6.45, 7) is 9.85. The maximum absolute atomic E-state index is 12.2. The molecule has 1 amide bonds. The van der Waals surface area contributed by atoms with E-state index in [1.807, 2.05) is 6.07 Å². The topological polar surface area (TPSA) is 50.8 Å². The fraction of sp³-hybridized carbons (Fsp3) is 0.650. The number of nitrogens with zero attached hydrogens (tertiary/aromatic N) is 1. The van der Waals surface area contributed by atoms with Crippen molar-refractivity contribution in [3.8, 4) is 0 Å². The summed E-state index contributed by atoms with van der Waals surface area (Å²) in [5.74, 6) is 1.41. The molecular weight excluding hydrogens is 316 g/mol. The third-order valence-corrected chi connectivity index (χ3v) is 5.02. The zero-order valence-electron chi connectivity index (χ0n) is 15.4. The van der Waals surface area contributed by atoms with Crippen molar-refractivity contribution in [2.24, 2.45) is 11.8 Å². The number of piperidine rings is 1. The van der Waals surface area contributed by atoms with E-state index in [0.717, 1.165) is 31.5 Å². The lowest BCUT2D eigenvalue weighted by molar-refractivity contribution is -0.147. The van der Waals surface area contributed by atoms with Crippen LogP contribution in [0.3, 0.4) is 0 Å². The summed E-state index contributed by atoms with van der Waals surface area (Å²) in [5.41, 5.74) is 2.48. The van der Waals surface area contributed by atoms with Gasteiger partial charge < -0.3 is 14.8 Å². The lowest BCUT2D eigenvalue weighted by atomic mass is 9.91. The first-order valence-electron chi connectivity index (χ1n) is 9.38. The predicted octanol–water partition coefficient (Wildman–Crippen LogP) is 2.20. The van der Waals surface area contributed by atoms with Crippen LogP contribution in [0.15, 0.2) is 24.3 Å². The highest BCUT2D eigenvalue weighted by molar-refractivity contribution is 5.81. The van der Waals surface area contributed by atoms with Gasteiger partial charge in [-0.2, -0.15) is 0 Å². The van der Waals surface area contributed by atoms with Crippen molar-refractivity contribution in [2.45, 2.75) is 39.5 Å². The average Bonchev–Trinajstić information content (AvgIpc) is 2.60. The van der Waals surface area contributed by atoms with Gasteiger partial charge >= 0.3 is 0 Å². The molecule has 0 aromatic heterocycles. The predicted molar refractivity (Wildman–Crippen MR) is 97.1 cm³/mol. The largest absolute Gasteiger partial charge is 0.376 e. The zero-order valence-corrected chi connectivity index (χ0v) is 15.4. The molecule has 0 saturated carbocycles. The minimum absolute atomic E-state index is 0.0882. The number of nitrogens with one attached hydrogen (secondary N) is 1. The first kappa shape index (κ1) is 18.4. The van der Waals surface area contributed by atoms with Gasteiger partial charge in [-0.15, -0.1) is 0 Å². The molecule has 0 spiro atoms. The van der Waals surface area contributed by atoms with Crippen LogP contribution >= 0.6 is 0 Å². The van der Waals surface area contributed by atoms with Gasteiger partial charge in [0.05, 0.1) is 19.8 Å². The van der Waals surface area contributed by atoms with E-state index in [9.17, 15) is 4.79 Å². The number of likely N-dealkylation sites (tertiary alicyclic amines) is 1. The Kier molecular flexibility index (Phi) is 6.45. The van der Waals surface area contributed by atoms with Crippen molar-refractivity contribution in [3.63, 3.8) is 0 Å². The van der Waals surface area contributed by atoms with Gasteiger partial charge in [-0.3, -0.25) is 9.69 Å². The third-order valence-electron chi connectivity index (χ3n) is 5.02. The Labute approximate surface area is 150 Å². The average molecular weight is 346 g/mol. The van der Waals surface area contributed by atoms with Gasteiger partial charge in [-0.1, -0.05) is 38.1 Å². The van der Waals surface area contributed by atoms with Crippen molar-refractivity contribution in [2.75, 3.05) is 32.9 Å². The molecule has 2 aliphatic heterocycles. The number of carbonyl (C=O) groups excluding carboxylic acids is 1. The second-order valence-electron chi connectivity index (χ2n) is 7.56. The fourth-order valence-corrected chi connectivity index (χ4v) is 3.98. The van der Waals surface area contributed by atoms with Crippen LogP contribution in [0.2, 0.25) is 0 Å². The summed E-state index contributed by atoms with van der Waals surface area (Å²) in [4.78, 5) is 14.8. The van der Waals surface area contributed by atoms with E-state index in [4.69, 9.17) is 9.47 Å². The molecule has 2 aliphatic rings. The van der Waals surface area contributed by atoms with Gasteiger partial charge in [0.15, 0.2) is 6.10 Å². The van der Waals surface area contributed by atoms with Gasteiger partial charge in [0.1, 0.15) is 0 Å². The number of ether oxygens (including phenoxy) is 2. The molecule has 2 saturated heterocycles. The van der Waals surface area contributed by atoms with E-state index in [0.29, 0.717) is 26.4 Å². The summed E-state index contributed by atoms with van der Waals surface area (Å²) in [6, 6.07) is 8.39. The Morgan fingerprint density at radius 1 is 1.16 bits per heavy atom. The fourth-order valence-electron chi connectivity index (χ4n) is 3.98. The minimum atomic E-state index is -0.482. The Hall–Kier alpha value is -1.43. The number of hydrogen-bond donors (Lipinski definition) is 1. The molecule has 0 aliphatic carbocycles. The molecule has 138 valence electrons. The molecule has 1 aromatic carbocycles. The van der Waals surface area contributed by atoms with E-state index in [-0.39, 0.29) is 5.91 Å². The maximum Gasteiger partial charge on any atom is 0.251 e. The summed E-state index contributed by atoms with van der Waals surface area (Å²) in [6.07, 6.45) is 0.835. The van der Waals surface area contributed by atoms with Crippen LogP contribution in [0.4, 0.5) is 0 Å². The second-order valence-corrected chi connectivity index (χ2v) is 7.56. The van der Waals surface area contributed by atoms with E-state index in [2.05, 4.69) is 42.3 Å². The molecule has 1 N–H and O–H groups in total. The molecule has 2 heterocycles. The van der Waals surface area contributed by atoms with Crippen molar-refractivity contribution in [1.82, 2.24) is 10.2 Å². The van der Waals surface area contributed by atoms with E-state index in [1.165, 1.54) is 17.5 Å². The van der Waals surface area contributed by atoms with Crippen molar-refractivity contribution < 1.29 is 14.3 Å². The van der Waals surface area contributed by atoms with E-state index < -0.39 is 6.10 Å². The Balaban J connectivity index is 1.57. The molecule has 0 radical (unpaired) electrons. The van der Waals surface area contributed by atoms with Crippen LogP contribution in [0.1, 0.15) is 31.4 Å². The number of hydrogen-bond acceptors (Lipinski definition) is 4. The van der Waals surface area contributed by atoms with Crippen LogP contribution in [-0.4, -0.2) is 49.8 Å². The van der Waals surface area contributed by atoms with Crippen LogP contribution in [0.5, 0.6) is 0 Å². The molecule has 0 bridgehead atoms. The molecule has 1 aromatic rings. The lowest BCUT2D eigenvalue weighted by Crippen LogP contribution is -2.42. The summed E-state index contributed by atoms with van der Waals surface area (Å²) >= 11 is 0. The molecule has 3 atom stereocenters. The zero-order chi connectivity index (χ0) is 17.6. The normalized spacial score (nSPS) is 27.8. The third kappa shape index (κ3) is 5.27. The smallest absolute Gasteiger partial charge is 0.251 e.